The highest BCUT2D eigenvalue weighted by atomic mass is 16.3. The zero-order chi connectivity index (χ0) is 13.6. The molecule has 0 aliphatic carbocycles. The predicted molar refractivity (Wildman–Crippen MR) is 74.2 cm³/mol. The van der Waals surface area contributed by atoms with E-state index >= 15 is 0 Å². The number of fused-ring (bicyclic) bond motifs is 1. The van der Waals surface area contributed by atoms with Crippen molar-refractivity contribution >= 4 is 0 Å². The van der Waals surface area contributed by atoms with Crippen LogP contribution in [0.2, 0.25) is 0 Å². The van der Waals surface area contributed by atoms with E-state index in [1.54, 1.807) is 12.1 Å². The number of phenolic OH excluding ortho intramolecular Hbond substituents is 2. The van der Waals surface area contributed by atoms with E-state index in [4.69, 9.17) is 0 Å². The van der Waals surface area contributed by atoms with Gasteiger partial charge in [-0.25, -0.2) is 0 Å². The Morgan fingerprint density at radius 2 is 2.11 bits per heavy atom. The number of benzene rings is 1. The fourth-order valence-corrected chi connectivity index (χ4v) is 3.77. The Balaban J connectivity index is 1.84. The lowest BCUT2D eigenvalue weighted by Gasteiger charge is -2.31. The molecule has 2 aliphatic rings. The summed E-state index contributed by atoms with van der Waals surface area (Å²) in [7, 11) is 0. The molecule has 0 radical (unpaired) electrons. The van der Waals surface area contributed by atoms with Gasteiger partial charge in [-0.2, -0.15) is 0 Å². The lowest BCUT2D eigenvalue weighted by Crippen LogP contribution is -2.35. The highest BCUT2D eigenvalue weighted by molar-refractivity contribution is 5.40. The molecule has 3 N–H and O–H groups in total. The van der Waals surface area contributed by atoms with Gasteiger partial charge in [-0.15, -0.1) is 0 Å². The maximum absolute atomic E-state index is 10.0. The third-order valence-corrected chi connectivity index (χ3v) is 4.94. The first-order chi connectivity index (χ1) is 9.08. The Hall–Kier alpha value is -1.26. The van der Waals surface area contributed by atoms with Crippen LogP contribution in [0.25, 0.3) is 0 Å². The minimum absolute atomic E-state index is 0.132. The Labute approximate surface area is 114 Å². The molecule has 1 aromatic rings. The molecule has 2 aliphatic heterocycles. The summed E-state index contributed by atoms with van der Waals surface area (Å²) in [5.41, 5.74) is 0.819. The minimum atomic E-state index is 0.132. The molecule has 2 fully saturated rings. The largest absolute Gasteiger partial charge is 0.508 e. The van der Waals surface area contributed by atoms with Gasteiger partial charge in [0.2, 0.25) is 0 Å². The summed E-state index contributed by atoms with van der Waals surface area (Å²) in [5, 5.41) is 23.1. The molecule has 0 bridgehead atoms. The summed E-state index contributed by atoms with van der Waals surface area (Å²) in [6.45, 7) is 7.65. The number of rotatable bonds is 2. The summed E-state index contributed by atoms with van der Waals surface area (Å²) in [4.78, 5) is 2.45. The molecule has 2 heterocycles. The van der Waals surface area contributed by atoms with Crippen molar-refractivity contribution in [1.29, 1.82) is 0 Å². The molecule has 4 unspecified atom stereocenters. The van der Waals surface area contributed by atoms with E-state index in [0.717, 1.165) is 31.1 Å². The summed E-state index contributed by atoms with van der Waals surface area (Å²) < 4.78 is 0. The average molecular weight is 262 g/mol. The molecular formula is C15H22N2O2. The molecule has 4 heteroatoms. The molecule has 0 aromatic heterocycles. The topological polar surface area (TPSA) is 55.7 Å². The van der Waals surface area contributed by atoms with E-state index in [0.29, 0.717) is 12.0 Å². The van der Waals surface area contributed by atoms with Crippen molar-refractivity contribution in [2.24, 2.45) is 11.8 Å². The van der Waals surface area contributed by atoms with Crippen molar-refractivity contribution in [1.82, 2.24) is 10.2 Å². The Morgan fingerprint density at radius 1 is 1.32 bits per heavy atom. The summed E-state index contributed by atoms with van der Waals surface area (Å²) in [5.74, 6) is 1.92. The maximum Gasteiger partial charge on any atom is 0.120 e. The SMILES string of the molecule is CC(c1cc(O)ccc1O)N1CC2CNCC2C1C. The quantitative estimate of drug-likeness (QED) is 0.710. The number of hydrogen-bond acceptors (Lipinski definition) is 4. The van der Waals surface area contributed by atoms with Crippen molar-refractivity contribution in [3.8, 4) is 11.5 Å². The van der Waals surface area contributed by atoms with Gasteiger partial charge in [-0.1, -0.05) is 0 Å². The van der Waals surface area contributed by atoms with Crippen LogP contribution in [0, 0.1) is 11.8 Å². The van der Waals surface area contributed by atoms with Crippen LogP contribution in [-0.4, -0.2) is 40.8 Å². The normalized spacial score (nSPS) is 32.4. The van der Waals surface area contributed by atoms with Crippen LogP contribution in [0.5, 0.6) is 11.5 Å². The molecule has 4 atom stereocenters. The first-order valence-corrected chi connectivity index (χ1v) is 7.06. The second kappa shape index (κ2) is 4.69. The number of nitrogens with one attached hydrogen (secondary N) is 1. The highest BCUT2D eigenvalue weighted by Gasteiger charge is 2.43. The van der Waals surface area contributed by atoms with Gasteiger partial charge in [-0.3, -0.25) is 4.90 Å². The molecular weight excluding hydrogens is 240 g/mol. The Bertz CT molecular complexity index is 477. The number of nitrogens with zero attached hydrogens (tertiary/aromatic N) is 1. The fourth-order valence-electron chi connectivity index (χ4n) is 3.77. The Kier molecular flexibility index (Phi) is 3.15. The van der Waals surface area contributed by atoms with E-state index in [9.17, 15) is 10.2 Å². The summed E-state index contributed by atoms with van der Waals surface area (Å²) in [6, 6.07) is 5.42. The van der Waals surface area contributed by atoms with Crippen LogP contribution < -0.4 is 5.32 Å². The fraction of sp³-hybridized carbons (Fsp3) is 0.600. The van der Waals surface area contributed by atoms with Crippen molar-refractivity contribution in [3.63, 3.8) is 0 Å². The van der Waals surface area contributed by atoms with Gasteiger partial charge in [0.1, 0.15) is 11.5 Å². The van der Waals surface area contributed by atoms with Crippen LogP contribution in [0.1, 0.15) is 25.5 Å². The van der Waals surface area contributed by atoms with E-state index < -0.39 is 0 Å². The zero-order valence-electron chi connectivity index (χ0n) is 11.5. The zero-order valence-corrected chi connectivity index (χ0v) is 11.5. The van der Waals surface area contributed by atoms with Crippen LogP contribution in [0.4, 0.5) is 0 Å². The Morgan fingerprint density at radius 3 is 2.84 bits per heavy atom. The second-order valence-corrected chi connectivity index (χ2v) is 5.94. The first kappa shape index (κ1) is 12.8. The molecule has 4 nitrogen and oxygen atoms in total. The van der Waals surface area contributed by atoms with Crippen molar-refractivity contribution in [2.75, 3.05) is 19.6 Å². The number of hydrogen-bond donors (Lipinski definition) is 3. The van der Waals surface area contributed by atoms with Crippen LogP contribution in [0.15, 0.2) is 18.2 Å². The van der Waals surface area contributed by atoms with Crippen LogP contribution in [0.3, 0.4) is 0 Å². The summed E-state index contributed by atoms with van der Waals surface area (Å²) >= 11 is 0. The van der Waals surface area contributed by atoms with Gasteiger partial charge >= 0.3 is 0 Å². The lowest BCUT2D eigenvalue weighted by molar-refractivity contribution is 0.179. The third kappa shape index (κ3) is 2.09. The van der Waals surface area contributed by atoms with E-state index in [1.807, 2.05) is 0 Å². The number of likely N-dealkylation sites (tertiary alicyclic amines) is 1. The second-order valence-electron chi connectivity index (χ2n) is 5.94. The predicted octanol–water partition coefficient (Wildman–Crippen LogP) is 1.70. The van der Waals surface area contributed by atoms with Gasteiger partial charge in [0, 0.05) is 24.2 Å². The van der Waals surface area contributed by atoms with Gasteiger partial charge in [0.05, 0.1) is 0 Å². The molecule has 0 amide bonds. The number of aromatic hydroxyl groups is 2. The third-order valence-electron chi connectivity index (χ3n) is 4.94. The van der Waals surface area contributed by atoms with Crippen LogP contribution in [-0.2, 0) is 0 Å². The van der Waals surface area contributed by atoms with E-state index in [2.05, 4.69) is 24.1 Å². The molecule has 19 heavy (non-hydrogen) atoms. The molecule has 3 rings (SSSR count). The van der Waals surface area contributed by atoms with Gasteiger partial charge in [0.15, 0.2) is 0 Å². The van der Waals surface area contributed by atoms with Crippen molar-refractivity contribution in [2.45, 2.75) is 25.9 Å². The van der Waals surface area contributed by atoms with Crippen molar-refractivity contribution in [3.05, 3.63) is 23.8 Å². The first-order valence-electron chi connectivity index (χ1n) is 7.06. The average Bonchev–Trinajstić information content (AvgIpc) is 2.95. The minimum Gasteiger partial charge on any atom is -0.508 e. The van der Waals surface area contributed by atoms with Gasteiger partial charge in [-0.05, 0) is 57.0 Å². The monoisotopic (exact) mass is 262 g/mol. The molecule has 104 valence electrons. The lowest BCUT2D eigenvalue weighted by atomic mass is 9.95. The number of phenols is 2. The van der Waals surface area contributed by atoms with Crippen LogP contribution >= 0.6 is 0 Å². The molecule has 2 saturated heterocycles. The summed E-state index contributed by atoms with van der Waals surface area (Å²) in [6.07, 6.45) is 0. The van der Waals surface area contributed by atoms with E-state index in [-0.39, 0.29) is 17.5 Å². The van der Waals surface area contributed by atoms with E-state index in [1.165, 1.54) is 6.07 Å². The van der Waals surface area contributed by atoms with Crippen molar-refractivity contribution < 1.29 is 10.2 Å². The molecule has 0 saturated carbocycles. The van der Waals surface area contributed by atoms with Gasteiger partial charge in [0.25, 0.3) is 0 Å². The molecule has 1 aromatic carbocycles. The maximum atomic E-state index is 10.0. The molecule has 0 spiro atoms. The van der Waals surface area contributed by atoms with Gasteiger partial charge < -0.3 is 15.5 Å². The smallest absolute Gasteiger partial charge is 0.120 e. The standard InChI is InChI=1S/C15H22N2O2/c1-9(13-5-12(18)3-4-15(13)19)17-8-11-6-16-7-14(11)10(17)2/h3-5,9-11,14,16,18-19H,6-8H2,1-2H3. The highest BCUT2D eigenvalue weighted by Crippen LogP contribution is 2.40.